The summed E-state index contributed by atoms with van der Waals surface area (Å²) >= 11 is 0. The highest BCUT2D eigenvalue weighted by atomic mass is 16.5. The van der Waals surface area contributed by atoms with Crippen molar-refractivity contribution in [1.29, 1.82) is 0 Å². The van der Waals surface area contributed by atoms with Crippen molar-refractivity contribution in [2.75, 3.05) is 4.90 Å². The molecule has 0 amide bonds. The average Bonchev–Trinajstić information content (AvgIpc) is 3.37. The van der Waals surface area contributed by atoms with Crippen molar-refractivity contribution >= 4 is 5.82 Å². The van der Waals surface area contributed by atoms with Crippen LogP contribution in [0.5, 0.6) is 0 Å². The molecule has 144 valence electrons. The lowest BCUT2D eigenvalue weighted by molar-refractivity contribution is -0.904. The van der Waals surface area contributed by atoms with Crippen molar-refractivity contribution in [3.05, 3.63) is 42.4 Å². The van der Waals surface area contributed by atoms with E-state index in [1.807, 2.05) is 25.3 Å². The van der Waals surface area contributed by atoms with Crippen molar-refractivity contribution in [2.24, 2.45) is 0 Å². The largest absolute Gasteiger partial charge is 0.342 e. The van der Waals surface area contributed by atoms with Crippen LogP contribution in [0.25, 0.3) is 17.1 Å². The van der Waals surface area contributed by atoms with Gasteiger partial charge in [-0.25, -0.2) is 9.97 Å². The summed E-state index contributed by atoms with van der Waals surface area (Å²) in [7, 11) is 0. The number of aromatic nitrogens is 6. The molecule has 1 aliphatic carbocycles. The maximum Gasteiger partial charge on any atom is 0.222 e. The Bertz CT molecular complexity index is 1010. The van der Waals surface area contributed by atoms with Crippen LogP contribution < -0.4 is 9.63 Å². The first kappa shape index (κ1) is 17.1. The fourth-order valence-electron chi connectivity index (χ4n) is 4.57. The highest BCUT2D eigenvalue weighted by molar-refractivity contribution is 5.66. The van der Waals surface area contributed by atoms with Gasteiger partial charge in [0.05, 0.1) is 12.2 Å². The van der Waals surface area contributed by atoms with Crippen LogP contribution in [0.1, 0.15) is 56.7 Å². The van der Waals surface area contributed by atoms with Gasteiger partial charge >= 0.3 is 0 Å². The van der Waals surface area contributed by atoms with Crippen molar-refractivity contribution in [3.8, 4) is 17.1 Å². The second-order valence-electron chi connectivity index (χ2n) is 7.58. The van der Waals surface area contributed by atoms with Gasteiger partial charge in [0.15, 0.2) is 17.5 Å². The molecule has 5 rings (SSSR count). The molecule has 4 heterocycles. The molecule has 1 saturated carbocycles. The van der Waals surface area contributed by atoms with Crippen LogP contribution in [0.15, 0.2) is 30.7 Å². The number of anilines is 1. The number of hydrogen-bond donors (Lipinski definition) is 1. The normalized spacial score (nSPS) is 18.9. The van der Waals surface area contributed by atoms with Gasteiger partial charge in [-0.2, -0.15) is 0 Å². The molecule has 0 radical (unpaired) electrons. The Balaban J connectivity index is 1.70. The van der Waals surface area contributed by atoms with Gasteiger partial charge in [-0.3, -0.25) is 9.77 Å². The van der Waals surface area contributed by atoms with Gasteiger partial charge < -0.3 is 4.90 Å². The molecular weight excluding hydrogens is 354 g/mol. The zero-order valence-corrected chi connectivity index (χ0v) is 16.2. The molecule has 1 fully saturated rings. The fraction of sp³-hybridized carbons (Fsp3) is 0.450. The van der Waals surface area contributed by atoms with Gasteiger partial charge in [0.1, 0.15) is 11.5 Å². The minimum absolute atomic E-state index is 0.162. The third-order valence-electron chi connectivity index (χ3n) is 5.90. The molecule has 1 atom stereocenters. The topological polar surface area (TPSA) is 83.8 Å². The number of nitrogens with zero attached hydrogens (tertiary/aromatic N) is 7. The molecule has 1 aliphatic heterocycles. The Kier molecular flexibility index (Phi) is 3.99. The SMILES string of the molecule is CC[C@@H]1c2nnc(C)n2-c2cnc(-c3cc[n+](O)cc3)nc2N1C1CCCC1. The van der Waals surface area contributed by atoms with Crippen LogP contribution in [0, 0.1) is 6.92 Å². The summed E-state index contributed by atoms with van der Waals surface area (Å²) in [4.78, 5) is 12.1. The number of hydrogen-bond acceptors (Lipinski definition) is 6. The number of fused-ring (bicyclic) bond motifs is 3. The third-order valence-corrected chi connectivity index (χ3v) is 5.90. The number of rotatable bonds is 3. The quantitative estimate of drug-likeness (QED) is 0.557. The zero-order valence-electron chi connectivity index (χ0n) is 16.2. The van der Waals surface area contributed by atoms with E-state index in [4.69, 9.17) is 4.98 Å². The van der Waals surface area contributed by atoms with E-state index in [1.165, 1.54) is 25.7 Å². The van der Waals surface area contributed by atoms with Crippen LogP contribution in [0.3, 0.4) is 0 Å². The lowest BCUT2D eigenvalue weighted by Crippen LogP contribution is -2.42. The van der Waals surface area contributed by atoms with Crippen molar-refractivity contribution in [3.63, 3.8) is 0 Å². The molecule has 8 nitrogen and oxygen atoms in total. The van der Waals surface area contributed by atoms with Gasteiger partial charge in [-0.15, -0.1) is 10.2 Å². The Morgan fingerprint density at radius 2 is 1.93 bits per heavy atom. The fourth-order valence-corrected chi connectivity index (χ4v) is 4.57. The Morgan fingerprint density at radius 3 is 2.64 bits per heavy atom. The monoisotopic (exact) mass is 378 g/mol. The van der Waals surface area contributed by atoms with E-state index in [9.17, 15) is 5.21 Å². The molecule has 3 aromatic heterocycles. The molecular formula is C20H24N7O+. The predicted molar refractivity (Wildman–Crippen MR) is 102 cm³/mol. The van der Waals surface area contributed by atoms with E-state index in [2.05, 4.69) is 31.6 Å². The van der Waals surface area contributed by atoms with Gasteiger partial charge in [0.25, 0.3) is 0 Å². The van der Waals surface area contributed by atoms with Gasteiger partial charge in [-0.05, 0) is 26.2 Å². The first-order valence-corrected chi connectivity index (χ1v) is 9.96. The first-order valence-electron chi connectivity index (χ1n) is 9.96. The van der Waals surface area contributed by atoms with E-state index in [0.29, 0.717) is 11.9 Å². The summed E-state index contributed by atoms with van der Waals surface area (Å²) in [6.45, 7) is 4.18. The molecule has 0 bridgehead atoms. The lowest BCUT2D eigenvalue weighted by Gasteiger charge is -2.41. The molecule has 1 N–H and O–H groups in total. The first-order chi connectivity index (χ1) is 13.7. The van der Waals surface area contributed by atoms with Crippen molar-refractivity contribution in [2.45, 2.75) is 58.0 Å². The van der Waals surface area contributed by atoms with E-state index in [-0.39, 0.29) is 6.04 Å². The van der Waals surface area contributed by atoms with Gasteiger partial charge in [0.2, 0.25) is 12.4 Å². The van der Waals surface area contributed by atoms with E-state index in [1.54, 1.807) is 12.4 Å². The maximum atomic E-state index is 9.51. The maximum absolute atomic E-state index is 9.51. The van der Waals surface area contributed by atoms with Crippen LogP contribution in [-0.2, 0) is 0 Å². The molecule has 8 heteroatoms. The standard InChI is InChI=1S/C20H24N7O/c1-3-16-20-24-23-13(2)26(20)17-12-21-18(14-8-10-25(28)11-9-14)22-19(17)27(16)15-6-4-5-7-15/h8-12,15-16,28H,3-7H2,1-2H3/q+1/t16-/m1/s1. The van der Waals surface area contributed by atoms with Crippen molar-refractivity contribution in [1.82, 2.24) is 24.7 Å². The second kappa shape index (κ2) is 6.54. The zero-order chi connectivity index (χ0) is 19.3. The van der Waals surface area contributed by atoms with Crippen molar-refractivity contribution < 1.29 is 9.94 Å². The molecule has 2 aliphatic rings. The van der Waals surface area contributed by atoms with Crippen LogP contribution >= 0.6 is 0 Å². The third kappa shape index (κ3) is 2.55. The van der Waals surface area contributed by atoms with Gasteiger partial charge in [0, 0.05) is 28.5 Å². The van der Waals surface area contributed by atoms with Crippen LogP contribution in [-0.4, -0.2) is 36.0 Å². The molecule has 0 aromatic carbocycles. The minimum Gasteiger partial charge on any atom is -0.342 e. The predicted octanol–water partition coefficient (Wildman–Crippen LogP) is 2.77. The highest BCUT2D eigenvalue weighted by Gasteiger charge is 2.39. The summed E-state index contributed by atoms with van der Waals surface area (Å²) in [6, 6.07) is 4.26. The molecule has 0 spiro atoms. The lowest BCUT2D eigenvalue weighted by atomic mass is 10.0. The number of aryl methyl sites for hydroxylation is 1. The van der Waals surface area contributed by atoms with E-state index < -0.39 is 0 Å². The van der Waals surface area contributed by atoms with Crippen LogP contribution in [0.2, 0.25) is 0 Å². The molecule has 28 heavy (non-hydrogen) atoms. The Hall–Kier alpha value is -3.03. The Morgan fingerprint density at radius 1 is 1.18 bits per heavy atom. The van der Waals surface area contributed by atoms with E-state index >= 15 is 0 Å². The van der Waals surface area contributed by atoms with Gasteiger partial charge in [-0.1, -0.05) is 19.8 Å². The van der Waals surface area contributed by atoms with Crippen LogP contribution in [0.4, 0.5) is 5.82 Å². The highest BCUT2D eigenvalue weighted by Crippen LogP contribution is 2.43. The van der Waals surface area contributed by atoms with E-state index in [0.717, 1.165) is 39.9 Å². The summed E-state index contributed by atoms with van der Waals surface area (Å²) in [5.41, 5.74) is 1.82. The summed E-state index contributed by atoms with van der Waals surface area (Å²) in [5.74, 6) is 3.46. The average molecular weight is 378 g/mol. The number of pyridine rings is 1. The molecule has 0 saturated heterocycles. The summed E-state index contributed by atoms with van der Waals surface area (Å²) < 4.78 is 3.12. The molecule has 0 unspecified atom stereocenters. The minimum atomic E-state index is 0.162. The Labute approximate surface area is 163 Å². The second-order valence-corrected chi connectivity index (χ2v) is 7.58. The smallest absolute Gasteiger partial charge is 0.222 e. The molecule has 3 aromatic rings. The summed E-state index contributed by atoms with van der Waals surface area (Å²) in [6.07, 6.45) is 10.9. The summed E-state index contributed by atoms with van der Waals surface area (Å²) in [5, 5.41) is 18.4.